The minimum Gasteiger partial charge on any atom is -0.478 e. The molecule has 2 bridgehead atoms. The van der Waals surface area contributed by atoms with Crippen LogP contribution in [0, 0.1) is 29.6 Å². The van der Waals surface area contributed by atoms with Gasteiger partial charge in [-0.15, -0.1) is 5.92 Å². The highest BCUT2D eigenvalue weighted by molar-refractivity contribution is 5.96. The second-order valence-electron chi connectivity index (χ2n) is 9.05. The van der Waals surface area contributed by atoms with E-state index >= 15 is 0 Å². The Hall–Kier alpha value is -2.33. The molecule has 2 fully saturated rings. The Morgan fingerprint density at radius 1 is 1.22 bits per heavy atom. The fourth-order valence-corrected chi connectivity index (χ4v) is 4.94. The highest BCUT2D eigenvalue weighted by Crippen LogP contribution is 2.36. The average Bonchev–Trinajstić information content (AvgIpc) is 3.08. The number of carbonyl (C=O) groups excluding carboxylic acids is 1. The smallest absolute Gasteiger partial charge is 0.468 e. The van der Waals surface area contributed by atoms with Crippen molar-refractivity contribution in [3.8, 4) is 11.8 Å². The summed E-state index contributed by atoms with van der Waals surface area (Å²) in [6.45, 7) is 6.86. The van der Waals surface area contributed by atoms with Crippen LogP contribution in [0.3, 0.4) is 0 Å². The van der Waals surface area contributed by atoms with Gasteiger partial charge in [0, 0.05) is 31.6 Å². The normalized spacial score (nSPS) is 23.2. The molecule has 1 aliphatic heterocycles. The van der Waals surface area contributed by atoms with Crippen molar-refractivity contribution in [3.63, 3.8) is 0 Å². The van der Waals surface area contributed by atoms with Gasteiger partial charge in [-0.2, -0.15) is 13.2 Å². The monoisotopic (exact) mass is 448 g/mol. The van der Waals surface area contributed by atoms with E-state index in [4.69, 9.17) is 0 Å². The summed E-state index contributed by atoms with van der Waals surface area (Å²) < 4.78 is 43.4. The van der Waals surface area contributed by atoms with Gasteiger partial charge in [0.1, 0.15) is 6.04 Å². The Kier molecular flexibility index (Phi) is 8.00. The number of ketones is 1. The number of benzene rings is 1. The van der Waals surface area contributed by atoms with Crippen LogP contribution >= 0.6 is 0 Å². The maximum absolute atomic E-state index is 13.0. The topological polar surface area (TPSA) is 41.9 Å². The predicted octanol–water partition coefficient (Wildman–Crippen LogP) is 5.30. The zero-order chi connectivity index (χ0) is 23.3. The molecule has 1 aliphatic carbocycles. The van der Waals surface area contributed by atoms with Gasteiger partial charge in [-0.1, -0.05) is 37.1 Å². The molecule has 1 aromatic carbocycles. The van der Waals surface area contributed by atoms with Gasteiger partial charge in [0.25, 0.3) is 5.90 Å². The number of ether oxygens (including phenoxy) is 1. The Labute approximate surface area is 188 Å². The molecule has 32 heavy (non-hydrogen) atoms. The summed E-state index contributed by atoms with van der Waals surface area (Å²) in [5, 5.41) is 0. The van der Waals surface area contributed by atoms with Gasteiger partial charge in [0.15, 0.2) is 5.78 Å². The minimum absolute atomic E-state index is 0.0403. The highest BCUT2D eigenvalue weighted by Gasteiger charge is 2.38. The Morgan fingerprint density at radius 3 is 2.38 bits per heavy atom. The molecule has 1 heterocycles. The highest BCUT2D eigenvalue weighted by atomic mass is 19.4. The number of likely N-dealkylation sites (tertiary alicyclic amines) is 1. The number of methoxy groups -OCH3 is 1. The van der Waals surface area contributed by atoms with Crippen LogP contribution in [0.1, 0.15) is 61.5 Å². The van der Waals surface area contributed by atoms with Crippen LogP contribution in [-0.2, 0) is 4.74 Å². The summed E-state index contributed by atoms with van der Waals surface area (Å²) in [6.07, 6.45) is -0.212. The summed E-state index contributed by atoms with van der Waals surface area (Å²) >= 11 is 0. The third-order valence-electron chi connectivity index (χ3n) is 6.30. The Morgan fingerprint density at radius 2 is 1.84 bits per heavy atom. The summed E-state index contributed by atoms with van der Waals surface area (Å²) in [4.78, 5) is 18.9. The number of piperidine rings is 1. The van der Waals surface area contributed by atoms with Gasteiger partial charge in [-0.3, -0.25) is 4.79 Å². The molecule has 0 amide bonds. The first-order valence-corrected chi connectivity index (χ1v) is 11.2. The van der Waals surface area contributed by atoms with E-state index in [1.807, 2.05) is 0 Å². The number of nitrogens with zero attached hydrogens (tertiary/aromatic N) is 2. The SMILES string of the molecule is CC#CC(N=C(OC)C(F)(F)F)c1ccc(C(=O)C[C@H](C)CN2CC3CCC(C3)C2)cc1. The summed E-state index contributed by atoms with van der Waals surface area (Å²) in [7, 11) is 0.931. The lowest BCUT2D eigenvalue weighted by molar-refractivity contribution is -0.0760. The van der Waals surface area contributed by atoms with E-state index in [1.54, 1.807) is 24.3 Å². The van der Waals surface area contributed by atoms with E-state index in [9.17, 15) is 18.0 Å². The lowest BCUT2D eigenvalue weighted by Gasteiger charge is -2.33. The van der Waals surface area contributed by atoms with E-state index in [-0.39, 0.29) is 11.7 Å². The number of halogens is 3. The molecule has 7 heteroatoms. The molecule has 174 valence electrons. The van der Waals surface area contributed by atoms with Crippen molar-refractivity contribution < 1.29 is 22.7 Å². The van der Waals surface area contributed by atoms with E-state index in [0.29, 0.717) is 17.5 Å². The van der Waals surface area contributed by atoms with Crippen LogP contribution in [0.25, 0.3) is 0 Å². The molecule has 1 aromatic rings. The number of hydrogen-bond acceptors (Lipinski definition) is 4. The first-order chi connectivity index (χ1) is 15.2. The lowest BCUT2D eigenvalue weighted by Crippen LogP contribution is -2.39. The maximum Gasteiger partial charge on any atom is 0.468 e. The van der Waals surface area contributed by atoms with Crippen molar-refractivity contribution in [3.05, 3.63) is 35.4 Å². The maximum atomic E-state index is 13.0. The van der Waals surface area contributed by atoms with E-state index in [0.717, 1.165) is 38.6 Å². The third kappa shape index (κ3) is 6.35. The molecular weight excluding hydrogens is 417 g/mol. The number of aliphatic imine (C=N–C) groups is 1. The number of alkyl halides is 3. The van der Waals surface area contributed by atoms with Crippen LogP contribution in [0.15, 0.2) is 29.3 Å². The fraction of sp³-hybridized carbons (Fsp3) is 0.600. The third-order valence-corrected chi connectivity index (χ3v) is 6.30. The predicted molar refractivity (Wildman–Crippen MR) is 119 cm³/mol. The lowest BCUT2D eigenvalue weighted by atomic mass is 9.94. The molecule has 1 saturated heterocycles. The van der Waals surface area contributed by atoms with Crippen molar-refractivity contribution in [2.75, 3.05) is 26.7 Å². The largest absolute Gasteiger partial charge is 0.478 e. The van der Waals surface area contributed by atoms with Gasteiger partial charge in [-0.25, -0.2) is 4.99 Å². The quantitative estimate of drug-likeness (QED) is 0.246. The molecule has 0 spiro atoms. The number of hydrogen-bond donors (Lipinski definition) is 0. The van der Waals surface area contributed by atoms with E-state index in [1.165, 1.54) is 26.2 Å². The summed E-state index contributed by atoms with van der Waals surface area (Å²) in [6, 6.07) is 5.50. The zero-order valence-corrected chi connectivity index (χ0v) is 18.9. The van der Waals surface area contributed by atoms with Crippen LogP contribution in [0.5, 0.6) is 0 Å². The molecule has 2 aliphatic rings. The van der Waals surface area contributed by atoms with Gasteiger partial charge < -0.3 is 9.64 Å². The van der Waals surface area contributed by atoms with Crippen LogP contribution in [0.4, 0.5) is 13.2 Å². The van der Waals surface area contributed by atoms with Crippen molar-refractivity contribution in [2.45, 2.75) is 51.7 Å². The number of carbonyl (C=O) groups is 1. The average molecular weight is 449 g/mol. The molecule has 4 atom stereocenters. The first kappa shape index (κ1) is 24.3. The van der Waals surface area contributed by atoms with Gasteiger partial charge in [-0.05, 0) is 49.5 Å². The van der Waals surface area contributed by atoms with Crippen molar-refractivity contribution in [1.29, 1.82) is 0 Å². The zero-order valence-electron chi connectivity index (χ0n) is 18.9. The van der Waals surface area contributed by atoms with Crippen LogP contribution in [-0.4, -0.2) is 49.5 Å². The Bertz CT molecular complexity index is 871. The second kappa shape index (κ2) is 10.5. The van der Waals surface area contributed by atoms with Crippen LogP contribution in [0.2, 0.25) is 0 Å². The van der Waals surface area contributed by atoms with Gasteiger partial charge >= 0.3 is 6.18 Å². The van der Waals surface area contributed by atoms with Crippen molar-refractivity contribution >= 4 is 11.7 Å². The summed E-state index contributed by atoms with van der Waals surface area (Å²) in [5.74, 6) is 5.88. The molecule has 0 radical (unpaired) electrons. The number of Topliss-reactive ketones (excluding diaryl/α,β-unsaturated/α-hetero) is 1. The van der Waals surface area contributed by atoms with Crippen molar-refractivity contribution in [1.82, 2.24) is 4.90 Å². The van der Waals surface area contributed by atoms with Gasteiger partial charge in [0.05, 0.1) is 7.11 Å². The molecule has 0 aromatic heterocycles. The molecular formula is C25H31F3N2O2. The van der Waals surface area contributed by atoms with E-state index in [2.05, 4.69) is 33.4 Å². The van der Waals surface area contributed by atoms with Crippen molar-refractivity contribution in [2.24, 2.45) is 22.7 Å². The molecule has 0 N–H and O–H groups in total. The van der Waals surface area contributed by atoms with Gasteiger partial charge in [0.2, 0.25) is 0 Å². The van der Waals surface area contributed by atoms with Crippen LogP contribution < -0.4 is 0 Å². The molecule has 3 rings (SSSR count). The number of fused-ring (bicyclic) bond motifs is 2. The fourth-order valence-electron chi connectivity index (χ4n) is 4.94. The molecule has 3 unspecified atom stereocenters. The number of rotatable bonds is 7. The Balaban J connectivity index is 1.62. The second-order valence-corrected chi connectivity index (χ2v) is 9.05. The summed E-state index contributed by atoms with van der Waals surface area (Å²) in [5.41, 5.74) is 1.03. The standard InChI is InChI=1S/C25H31F3N2O2/c1-4-5-22(29-24(32-3)25(26,27)28)20-8-10-21(11-9-20)23(31)12-17(2)14-30-15-18-6-7-19(13-18)16-30/h8-11,17-19,22H,6-7,12-16H2,1-3H3/t17-,18?,19?,22?/m0/s1. The first-order valence-electron chi connectivity index (χ1n) is 11.2. The molecule has 1 saturated carbocycles. The molecule has 4 nitrogen and oxygen atoms in total. The van der Waals surface area contributed by atoms with E-state index < -0.39 is 18.1 Å². The minimum atomic E-state index is -4.69.